The Balaban J connectivity index is 2.47. The minimum Gasteiger partial charge on any atom is -0.306 e. The molecule has 0 saturated carbocycles. The summed E-state index contributed by atoms with van der Waals surface area (Å²) in [5, 5.41) is 5.89. The van der Waals surface area contributed by atoms with Crippen LogP contribution in [0.4, 0.5) is 0 Å². The summed E-state index contributed by atoms with van der Waals surface area (Å²) in [5.74, 6) is 0. The molecule has 0 aliphatic carbocycles. The second-order valence-corrected chi connectivity index (χ2v) is 7.77. The summed E-state index contributed by atoms with van der Waals surface area (Å²) in [6.45, 7) is 9.73. The molecule has 3 heteroatoms. The second kappa shape index (κ2) is 6.37. The third-order valence-electron chi connectivity index (χ3n) is 3.52. The highest BCUT2D eigenvalue weighted by atomic mass is 127. The van der Waals surface area contributed by atoms with E-state index in [4.69, 9.17) is 0 Å². The largest absolute Gasteiger partial charge is 0.306 e. The highest BCUT2D eigenvalue weighted by Crippen LogP contribution is 2.30. The zero-order valence-electron chi connectivity index (χ0n) is 11.9. The van der Waals surface area contributed by atoms with E-state index in [1.54, 1.807) is 0 Å². The number of halogens is 1. The van der Waals surface area contributed by atoms with Crippen molar-refractivity contribution in [2.24, 2.45) is 0 Å². The normalized spacial score (nSPS) is 12.7. The number of rotatable bonds is 4. The minimum absolute atomic E-state index is 0.309. The molecule has 1 unspecified atom stereocenters. The Bertz CT molecular complexity index is 574. The molecular formula is C16H20INS. The molecule has 1 aromatic carbocycles. The topological polar surface area (TPSA) is 12.0 Å². The lowest BCUT2D eigenvalue weighted by Gasteiger charge is -2.21. The van der Waals surface area contributed by atoms with Gasteiger partial charge in [-0.05, 0) is 89.2 Å². The predicted molar refractivity (Wildman–Crippen MR) is 93.2 cm³/mol. The van der Waals surface area contributed by atoms with E-state index >= 15 is 0 Å². The van der Waals surface area contributed by atoms with Crippen molar-refractivity contribution in [3.8, 4) is 0 Å². The summed E-state index contributed by atoms with van der Waals surface area (Å²) < 4.78 is 1.34. The van der Waals surface area contributed by atoms with E-state index in [9.17, 15) is 0 Å². The van der Waals surface area contributed by atoms with E-state index in [2.05, 4.69) is 79.2 Å². The van der Waals surface area contributed by atoms with Crippen molar-refractivity contribution in [3.05, 3.63) is 54.3 Å². The lowest BCUT2D eigenvalue weighted by molar-refractivity contribution is 0.628. The van der Waals surface area contributed by atoms with Crippen molar-refractivity contribution in [2.45, 2.75) is 33.7 Å². The van der Waals surface area contributed by atoms with Gasteiger partial charge in [-0.15, -0.1) is 11.3 Å². The van der Waals surface area contributed by atoms with Crippen LogP contribution in [-0.2, 0) is 0 Å². The summed E-state index contributed by atoms with van der Waals surface area (Å²) in [5.41, 5.74) is 6.89. The van der Waals surface area contributed by atoms with Crippen molar-refractivity contribution in [1.29, 1.82) is 0 Å². The molecule has 2 rings (SSSR count). The van der Waals surface area contributed by atoms with Crippen LogP contribution >= 0.6 is 33.9 Å². The van der Waals surface area contributed by atoms with Crippen molar-refractivity contribution in [1.82, 2.24) is 5.32 Å². The fourth-order valence-electron chi connectivity index (χ4n) is 2.38. The number of hydrogen-bond acceptors (Lipinski definition) is 2. The Kier molecular flexibility index (Phi) is 5.03. The quantitative estimate of drug-likeness (QED) is 0.733. The molecular weight excluding hydrogens is 365 g/mol. The van der Waals surface area contributed by atoms with Crippen LogP contribution in [0.25, 0.3) is 0 Å². The van der Waals surface area contributed by atoms with Crippen LogP contribution in [0, 0.1) is 23.7 Å². The SMILES string of the molecule is CCNC(c1csc(I)c1)c1cc(C)c(C)cc1C. The second-order valence-electron chi connectivity index (χ2n) is 4.97. The van der Waals surface area contributed by atoms with Crippen LogP contribution in [0.15, 0.2) is 23.6 Å². The van der Waals surface area contributed by atoms with E-state index in [1.807, 2.05) is 11.3 Å². The van der Waals surface area contributed by atoms with Gasteiger partial charge in [0.25, 0.3) is 0 Å². The Labute approximate surface area is 133 Å². The summed E-state index contributed by atoms with van der Waals surface area (Å²) in [6.07, 6.45) is 0. The van der Waals surface area contributed by atoms with Crippen LogP contribution in [0.2, 0.25) is 0 Å². The van der Waals surface area contributed by atoms with E-state index in [0.29, 0.717) is 6.04 Å². The number of hydrogen-bond donors (Lipinski definition) is 1. The van der Waals surface area contributed by atoms with Crippen LogP contribution in [-0.4, -0.2) is 6.54 Å². The third-order valence-corrected chi connectivity index (χ3v) is 5.33. The molecule has 0 radical (unpaired) electrons. The molecule has 0 spiro atoms. The maximum atomic E-state index is 3.62. The van der Waals surface area contributed by atoms with Crippen LogP contribution in [0.1, 0.15) is 40.8 Å². The van der Waals surface area contributed by atoms with Gasteiger partial charge in [-0.25, -0.2) is 0 Å². The molecule has 19 heavy (non-hydrogen) atoms. The summed E-state index contributed by atoms with van der Waals surface area (Å²) >= 11 is 4.21. The van der Waals surface area contributed by atoms with E-state index in [1.165, 1.54) is 30.7 Å². The molecule has 1 aromatic heterocycles. The number of nitrogens with one attached hydrogen (secondary N) is 1. The molecule has 1 heterocycles. The molecule has 0 amide bonds. The smallest absolute Gasteiger partial charge is 0.0656 e. The number of thiophene rings is 1. The predicted octanol–water partition coefficient (Wildman–Crippen LogP) is 4.98. The molecule has 0 bridgehead atoms. The monoisotopic (exact) mass is 385 g/mol. The van der Waals surface area contributed by atoms with Crippen molar-refractivity contribution in [2.75, 3.05) is 6.54 Å². The van der Waals surface area contributed by atoms with E-state index in [0.717, 1.165) is 6.54 Å². The van der Waals surface area contributed by atoms with Crippen molar-refractivity contribution in [3.63, 3.8) is 0 Å². The van der Waals surface area contributed by atoms with Gasteiger partial charge in [-0.2, -0.15) is 0 Å². The van der Waals surface area contributed by atoms with Crippen LogP contribution in [0.5, 0.6) is 0 Å². The fourth-order valence-corrected chi connectivity index (χ4v) is 3.78. The Morgan fingerprint density at radius 3 is 2.37 bits per heavy atom. The number of benzene rings is 1. The molecule has 1 nitrogen and oxygen atoms in total. The molecule has 0 fully saturated rings. The summed E-state index contributed by atoms with van der Waals surface area (Å²) in [4.78, 5) is 0. The van der Waals surface area contributed by atoms with Gasteiger partial charge in [-0.3, -0.25) is 0 Å². The molecule has 102 valence electrons. The minimum atomic E-state index is 0.309. The lowest BCUT2D eigenvalue weighted by Crippen LogP contribution is -2.22. The zero-order chi connectivity index (χ0) is 14.0. The van der Waals surface area contributed by atoms with Gasteiger partial charge in [0.1, 0.15) is 0 Å². The van der Waals surface area contributed by atoms with Crippen molar-refractivity contribution >= 4 is 33.9 Å². The van der Waals surface area contributed by atoms with Crippen molar-refractivity contribution < 1.29 is 0 Å². The lowest BCUT2D eigenvalue weighted by atomic mass is 9.93. The van der Waals surface area contributed by atoms with E-state index < -0.39 is 0 Å². The Hall–Kier alpha value is -0.390. The van der Waals surface area contributed by atoms with Gasteiger partial charge in [0.15, 0.2) is 0 Å². The Morgan fingerprint density at radius 2 is 1.79 bits per heavy atom. The first-order valence-electron chi connectivity index (χ1n) is 6.58. The standard InChI is InChI=1S/C16H20INS/c1-5-18-16(13-8-15(17)19-9-13)14-7-11(3)10(2)6-12(14)4/h6-9,16,18H,5H2,1-4H3. The van der Waals surface area contributed by atoms with Gasteiger partial charge in [0, 0.05) is 0 Å². The van der Waals surface area contributed by atoms with Gasteiger partial charge < -0.3 is 5.32 Å². The average molecular weight is 385 g/mol. The van der Waals surface area contributed by atoms with E-state index in [-0.39, 0.29) is 0 Å². The third kappa shape index (κ3) is 3.38. The van der Waals surface area contributed by atoms with Crippen LogP contribution < -0.4 is 5.32 Å². The Morgan fingerprint density at radius 1 is 1.11 bits per heavy atom. The summed E-state index contributed by atoms with van der Waals surface area (Å²) in [6, 6.07) is 7.23. The molecule has 1 atom stereocenters. The maximum Gasteiger partial charge on any atom is 0.0656 e. The maximum absolute atomic E-state index is 3.62. The fraction of sp³-hybridized carbons (Fsp3) is 0.375. The van der Waals surface area contributed by atoms with Gasteiger partial charge in [-0.1, -0.05) is 19.1 Å². The molecule has 0 saturated heterocycles. The van der Waals surface area contributed by atoms with Gasteiger partial charge in [0.2, 0.25) is 0 Å². The summed E-state index contributed by atoms with van der Waals surface area (Å²) in [7, 11) is 0. The highest BCUT2D eigenvalue weighted by Gasteiger charge is 2.17. The van der Waals surface area contributed by atoms with Gasteiger partial charge in [0.05, 0.1) is 8.93 Å². The molecule has 0 aliphatic rings. The zero-order valence-corrected chi connectivity index (χ0v) is 14.9. The van der Waals surface area contributed by atoms with Gasteiger partial charge >= 0.3 is 0 Å². The molecule has 1 N–H and O–H groups in total. The highest BCUT2D eigenvalue weighted by molar-refractivity contribution is 14.1. The first-order chi connectivity index (χ1) is 9.02. The molecule has 0 aliphatic heterocycles. The molecule has 2 aromatic rings. The van der Waals surface area contributed by atoms with Crippen LogP contribution in [0.3, 0.4) is 0 Å². The first-order valence-corrected chi connectivity index (χ1v) is 8.53. The average Bonchev–Trinajstić information content (AvgIpc) is 2.78. The first kappa shape index (κ1) is 15.0. The number of aryl methyl sites for hydroxylation is 3.